The molecule has 0 radical (unpaired) electrons. The highest BCUT2D eigenvalue weighted by molar-refractivity contribution is 9.09. The first kappa shape index (κ1) is 9.52. The Morgan fingerprint density at radius 1 is 1.42 bits per heavy atom. The standard InChI is InChI=1S/C9H10BrFO/c1-2-9(10)12-8-5-3-7(11)4-6-8/h3-6,9H,2H2,1H3/t9-/m0/s1. The summed E-state index contributed by atoms with van der Waals surface area (Å²) in [6.45, 7) is 2.00. The molecule has 1 aromatic rings. The molecule has 0 aliphatic heterocycles. The minimum absolute atomic E-state index is 0.00274. The fourth-order valence-electron chi connectivity index (χ4n) is 0.744. The summed E-state index contributed by atoms with van der Waals surface area (Å²) in [4.78, 5) is 0. The van der Waals surface area contributed by atoms with Crippen LogP contribution in [0.15, 0.2) is 24.3 Å². The topological polar surface area (TPSA) is 9.23 Å². The second-order valence-electron chi connectivity index (χ2n) is 2.39. The Morgan fingerprint density at radius 3 is 2.50 bits per heavy atom. The number of benzene rings is 1. The van der Waals surface area contributed by atoms with Gasteiger partial charge in [-0.2, -0.15) is 0 Å². The molecule has 0 amide bonds. The molecule has 0 aromatic heterocycles. The zero-order valence-corrected chi connectivity index (χ0v) is 8.34. The first-order chi connectivity index (χ1) is 5.72. The fourth-order valence-corrected chi connectivity index (χ4v) is 0.960. The number of rotatable bonds is 3. The van der Waals surface area contributed by atoms with Crippen LogP contribution in [0.5, 0.6) is 5.75 Å². The molecule has 0 fully saturated rings. The van der Waals surface area contributed by atoms with Gasteiger partial charge < -0.3 is 4.74 Å². The van der Waals surface area contributed by atoms with E-state index in [-0.39, 0.29) is 10.8 Å². The maximum Gasteiger partial charge on any atom is 0.153 e. The Morgan fingerprint density at radius 2 is 2.00 bits per heavy atom. The lowest BCUT2D eigenvalue weighted by Crippen LogP contribution is -2.05. The molecule has 0 spiro atoms. The molecule has 1 atom stereocenters. The molecule has 0 N–H and O–H groups in total. The van der Waals surface area contributed by atoms with Crippen molar-refractivity contribution in [3.8, 4) is 5.75 Å². The van der Waals surface area contributed by atoms with E-state index in [1.54, 1.807) is 12.1 Å². The van der Waals surface area contributed by atoms with E-state index in [0.29, 0.717) is 5.75 Å². The van der Waals surface area contributed by atoms with Crippen LogP contribution in [0, 0.1) is 5.82 Å². The van der Waals surface area contributed by atoms with Crippen LogP contribution < -0.4 is 4.74 Å². The average molecular weight is 233 g/mol. The van der Waals surface area contributed by atoms with Crippen LogP contribution in [0.2, 0.25) is 0 Å². The first-order valence-electron chi connectivity index (χ1n) is 3.78. The molecule has 1 nitrogen and oxygen atoms in total. The molecule has 0 aliphatic carbocycles. The van der Waals surface area contributed by atoms with Crippen LogP contribution in [-0.2, 0) is 0 Å². The SMILES string of the molecule is CC[C@@H](Br)Oc1ccc(F)cc1. The monoisotopic (exact) mass is 232 g/mol. The third kappa shape index (κ3) is 2.81. The third-order valence-electron chi connectivity index (χ3n) is 1.40. The van der Waals surface area contributed by atoms with Crippen molar-refractivity contribution in [2.75, 3.05) is 0 Å². The highest BCUT2D eigenvalue weighted by atomic mass is 79.9. The van der Waals surface area contributed by atoms with Gasteiger partial charge >= 0.3 is 0 Å². The van der Waals surface area contributed by atoms with E-state index in [2.05, 4.69) is 15.9 Å². The van der Waals surface area contributed by atoms with E-state index in [0.717, 1.165) is 6.42 Å². The van der Waals surface area contributed by atoms with E-state index >= 15 is 0 Å². The molecule has 0 saturated carbocycles. The van der Waals surface area contributed by atoms with E-state index in [1.807, 2.05) is 6.92 Å². The molecule has 66 valence electrons. The maximum absolute atomic E-state index is 12.4. The largest absolute Gasteiger partial charge is 0.479 e. The molecule has 1 rings (SSSR count). The summed E-state index contributed by atoms with van der Waals surface area (Å²) in [6.07, 6.45) is 0.872. The van der Waals surface area contributed by atoms with Gasteiger partial charge in [-0.05, 0) is 46.6 Å². The predicted octanol–water partition coefficient (Wildman–Crippen LogP) is 3.34. The minimum Gasteiger partial charge on any atom is -0.479 e. The average Bonchev–Trinajstić information content (AvgIpc) is 2.09. The Balaban J connectivity index is 2.58. The fraction of sp³-hybridized carbons (Fsp3) is 0.333. The third-order valence-corrected chi connectivity index (χ3v) is 2.23. The van der Waals surface area contributed by atoms with Crippen LogP contribution >= 0.6 is 15.9 Å². The number of halogens is 2. The van der Waals surface area contributed by atoms with E-state index < -0.39 is 0 Å². The van der Waals surface area contributed by atoms with Gasteiger partial charge in [0.1, 0.15) is 11.6 Å². The summed E-state index contributed by atoms with van der Waals surface area (Å²) < 4.78 is 17.8. The number of hydrogen-bond donors (Lipinski definition) is 0. The van der Waals surface area contributed by atoms with Gasteiger partial charge in [0.15, 0.2) is 5.01 Å². The molecule has 0 aliphatic rings. The number of ether oxygens (including phenoxy) is 1. The molecule has 1 aromatic carbocycles. The molecular formula is C9H10BrFO. The zero-order valence-electron chi connectivity index (χ0n) is 6.76. The minimum atomic E-state index is -0.245. The van der Waals surface area contributed by atoms with E-state index in [9.17, 15) is 4.39 Å². The highest BCUT2D eigenvalue weighted by Crippen LogP contribution is 2.16. The lowest BCUT2D eigenvalue weighted by atomic mass is 10.3. The Bertz CT molecular complexity index is 235. The van der Waals surface area contributed by atoms with Crippen molar-refractivity contribution >= 4 is 15.9 Å². The molecule has 0 unspecified atom stereocenters. The summed E-state index contributed by atoms with van der Waals surface area (Å²) in [5, 5.41) is 0.00274. The Kier molecular flexibility index (Phi) is 3.53. The molecular weight excluding hydrogens is 223 g/mol. The van der Waals surface area contributed by atoms with Crippen LogP contribution in [0.4, 0.5) is 4.39 Å². The summed E-state index contributed by atoms with van der Waals surface area (Å²) in [6, 6.07) is 5.98. The second kappa shape index (κ2) is 4.45. The molecule has 0 heterocycles. The quantitative estimate of drug-likeness (QED) is 0.727. The van der Waals surface area contributed by atoms with Crippen LogP contribution in [0.25, 0.3) is 0 Å². The van der Waals surface area contributed by atoms with Gasteiger partial charge in [0.05, 0.1) is 0 Å². The first-order valence-corrected chi connectivity index (χ1v) is 4.70. The van der Waals surface area contributed by atoms with Gasteiger partial charge in [0, 0.05) is 0 Å². The van der Waals surface area contributed by atoms with Crippen LogP contribution in [0.1, 0.15) is 13.3 Å². The summed E-state index contributed by atoms with van der Waals surface area (Å²) >= 11 is 3.32. The summed E-state index contributed by atoms with van der Waals surface area (Å²) in [5.74, 6) is 0.435. The van der Waals surface area contributed by atoms with Crippen molar-refractivity contribution < 1.29 is 9.13 Å². The van der Waals surface area contributed by atoms with Crippen molar-refractivity contribution in [3.05, 3.63) is 30.1 Å². The van der Waals surface area contributed by atoms with Gasteiger partial charge in [0.25, 0.3) is 0 Å². The van der Waals surface area contributed by atoms with Gasteiger partial charge in [-0.1, -0.05) is 6.92 Å². The van der Waals surface area contributed by atoms with Crippen molar-refractivity contribution in [1.82, 2.24) is 0 Å². The lowest BCUT2D eigenvalue weighted by molar-refractivity contribution is 0.290. The lowest BCUT2D eigenvalue weighted by Gasteiger charge is -2.09. The summed E-state index contributed by atoms with van der Waals surface area (Å²) in [7, 11) is 0. The van der Waals surface area contributed by atoms with E-state index in [1.165, 1.54) is 12.1 Å². The van der Waals surface area contributed by atoms with Crippen molar-refractivity contribution in [1.29, 1.82) is 0 Å². The predicted molar refractivity (Wildman–Crippen MR) is 50.0 cm³/mol. The Hall–Kier alpha value is -0.570. The van der Waals surface area contributed by atoms with Gasteiger partial charge in [-0.3, -0.25) is 0 Å². The summed E-state index contributed by atoms with van der Waals surface area (Å²) in [5.41, 5.74) is 0. The number of hydrogen-bond acceptors (Lipinski definition) is 1. The van der Waals surface area contributed by atoms with Gasteiger partial charge in [-0.15, -0.1) is 0 Å². The van der Waals surface area contributed by atoms with Crippen LogP contribution in [-0.4, -0.2) is 5.01 Å². The maximum atomic E-state index is 12.4. The van der Waals surface area contributed by atoms with E-state index in [4.69, 9.17) is 4.74 Å². The van der Waals surface area contributed by atoms with Crippen LogP contribution in [0.3, 0.4) is 0 Å². The van der Waals surface area contributed by atoms with Gasteiger partial charge in [0.2, 0.25) is 0 Å². The Labute approximate surface area is 79.7 Å². The molecule has 12 heavy (non-hydrogen) atoms. The molecule has 0 saturated heterocycles. The normalized spacial score (nSPS) is 12.6. The number of alkyl halides is 1. The molecule has 3 heteroatoms. The molecule has 0 bridgehead atoms. The van der Waals surface area contributed by atoms with Crippen molar-refractivity contribution in [2.24, 2.45) is 0 Å². The van der Waals surface area contributed by atoms with Crippen molar-refractivity contribution in [2.45, 2.75) is 18.4 Å². The van der Waals surface area contributed by atoms with Gasteiger partial charge in [-0.25, -0.2) is 4.39 Å². The zero-order chi connectivity index (χ0) is 8.97. The van der Waals surface area contributed by atoms with Crippen molar-refractivity contribution in [3.63, 3.8) is 0 Å². The highest BCUT2D eigenvalue weighted by Gasteiger charge is 2.01. The smallest absolute Gasteiger partial charge is 0.153 e. The second-order valence-corrected chi connectivity index (χ2v) is 3.41.